The summed E-state index contributed by atoms with van der Waals surface area (Å²) in [5.41, 5.74) is 1.50. The van der Waals surface area contributed by atoms with Gasteiger partial charge < -0.3 is 10.6 Å². The van der Waals surface area contributed by atoms with Crippen LogP contribution in [0.4, 0.5) is 5.69 Å². The first-order valence-corrected chi connectivity index (χ1v) is 9.36. The van der Waals surface area contributed by atoms with Gasteiger partial charge in [-0.3, -0.25) is 9.59 Å². The molecule has 3 aromatic rings. The fourth-order valence-electron chi connectivity index (χ4n) is 2.55. The summed E-state index contributed by atoms with van der Waals surface area (Å²) < 4.78 is 5.22. The molecule has 0 radical (unpaired) electrons. The number of aromatic nitrogens is 1. The van der Waals surface area contributed by atoms with Gasteiger partial charge in [-0.2, -0.15) is 4.37 Å². The van der Waals surface area contributed by atoms with Crippen molar-refractivity contribution in [1.82, 2.24) is 9.69 Å². The van der Waals surface area contributed by atoms with Crippen LogP contribution in [0, 0.1) is 5.92 Å². The van der Waals surface area contributed by atoms with Gasteiger partial charge in [-0.1, -0.05) is 38.1 Å². The van der Waals surface area contributed by atoms with Gasteiger partial charge in [0, 0.05) is 23.2 Å². The molecule has 2 N–H and O–H groups in total. The lowest BCUT2D eigenvalue weighted by atomic mass is 10.1. The van der Waals surface area contributed by atoms with Crippen molar-refractivity contribution < 1.29 is 9.59 Å². The maximum absolute atomic E-state index is 12.5. The summed E-state index contributed by atoms with van der Waals surface area (Å²) in [4.78, 5) is 24.8. The topological polar surface area (TPSA) is 71.1 Å². The van der Waals surface area contributed by atoms with Crippen LogP contribution >= 0.6 is 11.5 Å². The van der Waals surface area contributed by atoms with E-state index in [9.17, 15) is 9.59 Å². The molecular formula is C20H21N3O2S. The van der Waals surface area contributed by atoms with E-state index in [1.54, 1.807) is 24.3 Å². The zero-order chi connectivity index (χ0) is 18.5. The molecule has 0 unspecified atom stereocenters. The van der Waals surface area contributed by atoms with E-state index in [0.29, 0.717) is 29.4 Å². The number of nitrogens with zero attached hydrogens (tertiary/aromatic N) is 1. The van der Waals surface area contributed by atoms with Crippen LogP contribution in [0.5, 0.6) is 0 Å². The van der Waals surface area contributed by atoms with E-state index in [1.807, 2.05) is 24.3 Å². The first-order valence-electron chi connectivity index (χ1n) is 8.58. The molecule has 0 saturated carbocycles. The highest BCUT2D eigenvalue weighted by molar-refractivity contribution is 7.13. The molecule has 3 rings (SSSR count). The standard InChI is InChI=1S/C20H21N3O2S/c1-13(2)10-11-21-19(24)14-6-5-7-15(12-14)22-20(25)18-16-8-3-4-9-17(16)26-23-18/h3-9,12-13H,10-11H2,1-2H3,(H,21,24)(H,22,25). The van der Waals surface area contributed by atoms with Gasteiger partial charge in [-0.25, -0.2) is 0 Å². The number of rotatable bonds is 6. The minimum Gasteiger partial charge on any atom is -0.352 e. The van der Waals surface area contributed by atoms with Crippen molar-refractivity contribution in [2.75, 3.05) is 11.9 Å². The smallest absolute Gasteiger partial charge is 0.276 e. The predicted octanol–water partition coefficient (Wildman–Crippen LogP) is 4.32. The minimum absolute atomic E-state index is 0.138. The third-order valence-electron chi connectivity index (χ3n) is 3.98. The Morgan fingerprint density at radius 2 is 1.88 bits per heavy atom. The zero-order valence-corrected chi connectivity index (χ0v) is 15.6. The largest absolute Gasteiger partial charge is 0.352 e. The predicted molar refractivity (Wildman–Crippen MR) is 106 cm³/mol. The first kappa shape index (κ1) is 18.1. The Bertz CT molecular complexity index is 933. The molecule has 1 aromatic heterocycles. The Kier molecular flexibility index (Phi) is 5.63. The third kappa shape index (κ3) is 4.26. The van der Waals surface area contributed by atoms with Gasteiger partial charge >= 0.3 is 0 Å². The summed E-state index contributed by atoms with van der Waals surface area (Å²) in [6.45, 7) is 4.87. The Morgan fingerprint density at radius 3 is 2.69 bits per heavy atom. The number of anilines is 1. The number of fused-ring (bicyclic) bond motifs is 1. The molecule has 2 aromatic carbocycles. The summed E-state index contributed by atoms with van der Waals surface area (Å²) in [6, 6.07) is 14.6. The van der Waals surface area contributed by atoms with Crippen LogP contribution in [0.3, 0.4) is 0 Å². The fourth-order valence-corrected chi connectivity index (χ4v) is 3.33. The highest BCUT2D eigenvalue weighted by Crippen LogP contribution is 2.23. The van der Waals surface area contributed by atoms with Gasteiger partial charge in [-0.15, -0.1) is 0 Å². The number of hydrogen-bond donors (Lipinski definition) is 2. The number of benzene rings is 2. The quantitative estimate of drug-likeness (QED) is 0.681. The summed E-state index contributed by atoms with van der Waals surface area (Å²) >= 11 is 1.30. The zero-order valence-electron chi connectivity index (χ0n) is 14.8. The van der Waals surface area contributed by atoms with Crippen LogP contribution in [0.1, 0.15) is 41.1 Å². The summed E-state index contributed by atoms with van der Waals surface area (Å²) in [5, 5.41) is 6.56. The molecule has 0 aliphatic rings. The van der Waals surface area contributed by atoms with E-state index in [2.05, 4.69) is 28.9 Å². The van der Waals surface area contributed by atoms with Crippen LogP contribution in [0.15, 0.2) is 48.5 Å². The Hall–Kier alpha value is -2.73. The van der Waals surface area contributed by atoms with Gasteiger partial charge in [0.1, 0.15) is 5.69 Å². The molecule has 0 aliphatic heterocycles. The van der Waals surface area contributed by atoms with Gasteiger partial charge in [0.05, 0.1) is 4.70 Å². The number of nitrogens with one attached hydrogen (secondary N) is 2. The average molecular weight is 367 g/mol. The molecule has 26 heavy (non-hydrogen) atoms. The van der Waals surface area contributed by atoms with Crippen molar-refractivity contribution in [2.24, 2.45) is 5.92 Å². The summed E-state index contributed by atoms with van der Waals surface area (Å²) in [6.07, 6.45) is 0.930. The Labute approximate surface area is 156 Å². The maximum atomic E-state index is 12.5. The lowest BCUT2D eigenvalue weighted by Gasteiger charge is -2.09. The van der Waals surface area contributed by atoms with Crippen LogP contribution < -0.4 is 10.6 Å². The number of hydrogen-bond acceptors (Lipinski definition) is 4. The normalized spacial score (nSPS) is 10.9. The van der Waals surface area contributed by atoms with Crippen LogP contribution in [0.25, 0.3) is 10.1 Å². The number of amides is 2. The monoisotopic (exact) mass is 367 g/mol. The molecule has 134 valence electrons. The molecular weight excluding hydrogens is 346 g/mol. The van der Waals surface area contributed by atoms with Crippen LogP contribution in [0.2, 0.25) is 0 Å². The highest BCUT2D eigenvalue weighted by atomic mass is 32.1. The molecule has 2 amide bonds. The van der Waals surface area contributed by atoms with Crippen molar-refractivity contribution >= 4 is 39.1 Å². The minimum atomic E-state index is -0.278. The second-order valence-electron chi connectivity index (χ2n) is 6.50. The van der Waals surface area contributed by atoms with E-state index in [0.717, 1.165) is 16.5 Å². The van der Waals surface area contributed by atoms with E-state index in [4.69, 9.17) is 0 Å². The molecule has 5 nitrogen and oxygen atoms in total. The lowest BCUT2D eigenvalue weighted by molar-refractivity contribution is 0.0950. The second kappa shape index (κ2) is 8.10. The van der Waals surface area contributed by atoms with Gasteiger partial charge in [-0.05, 0) is 48.1 Å². The fraction of sp³-hybridized carbons (Fsp3) is 0.250. The SMILES string of the molecule is CC(C)CCNC(=O)c1cccc(NC(=O)c2nsc3ccccc23)c1. The third-order valence-corrected chi connectivity index (χ3v) is 4.81. The number of carbonyl (C=O) groups is 2. The summed E-state index contributed by atoms with van der Waals surface area (Å²) in [5.74, 6) is 0.120. The molecule has 0 fully saturated rings. The van der Waals surface area contributed by atoms with Crippen molar-refractivity contribution in [1.29, 1.82) is 0 Å². The van der Waals surface area contributed by atoms with E-state index < -0.39 is 0 Å². The highest BCUT2D eigenvalue weighted by Gasteiger charge is 2.15. The Morgan fingerprint density at radius 1 is 1.08 bits per heavy atom. The lowest BCUT2D eigenvalue weighted by Crippen LogP contribution is -2.25. The molecule has 1 heterocycles. The van der Waals surface area contributed by atoms with Gasteiger partial charge in [0.25, 0.3) is 11.8 Å². The van der Waals surface area contributed by atoms with Crippen molar-refractivity contribution in [3.63, 3.8) is 0 Å². The Balaban J connectivity index is 1.70. The number of carbonyl (C=O) groups excluding carboxylic acids is 2. The molecule has 6 heteroatoms. The van der Waals surface area contributed by atoms with E-state index in [1.165, 1.54) is 11.5 Å². The maximum Gasteiger partial charge on any atom is 0.276 e. The van der Waals surface area contributed by atoms with E-state index >= 15 is 0 Å². The van der Waals surface area contributed by atoms with Crippen LogP contribution in [-0.4, -0.2) is 22.7 Å². The van der Waals surface area contributed by atoms with Gasteiger partial charge in [0.2, 0.25) is 0 Å². The molecule has 0 aliphatic carbocycles. The van der Waals surface area contributed by atoms with Crippen molar-refractivity contribution in [3.8, 4) is 0 Å². The average Bonchev–Trinajstić information content (AvgIpc) is 3.06. The molecule has 0 bridgehead atoms. The first-order chi connectivity index (χ1) is 12.5. The van der Waals surface area contributed by atoms with Crippen molar-refractivity contribution in [2.45, 2.75) is 20.3 Å². The van der Waals surface area contributed by atoms with Crippen LogP contribution in [-0.2, 0) is 0 Å². The second-order valence-corrected chi connectivity index (χ2v) is 7.31. The summed E-state index contributed by atoms with van der Waals surface area (Å²) in [7, 11) is 0. The molecule has 0 spiro atoms. The van der Waals surface area contributed by atoms with E-state index in [-0.39, 0.29) is 11.8 Å². The van der Waals surface area contributed by atoms with Crippen molar-refractivity contribution in [3.05, 3.63) is 59.8 Å². The van der Waals surface area contributed by atoms with Gasteiger partial charge in [0.15, 0.2) is 0 Å². The molecule has 0 atom stereocenters. The molecule has 0 saturated heterocycles.